The number of aromatic nitrogens is 1. The number of methoxy groups -OCH3 is 1. The molecule has 1 aliphatic rings. The van der Waals surface area contributed by atoms with Gasteiger partial charge in [0.1, 0.15) is 0 Å². The summed E-state index contributed by atoms with van der Waals surface area (Å²) in [4.78, 5) is 18.2. The van der Waals surface area contributed by atoms with Crippen LogP contribution in [0.5, 0.6) is 0 Å². The molecular weight excluding hydrogens is 270 g/mol. The Balaban J connectivity index is 1.93. The zero-order valence-corrected chi connectivity index (χ0v) is 12.5. The van der Waals surface area contributed by atoms with Gasteiger partial charge in [-0.1, -0.05) is 6.07 Å². The predicted molar refractivity (Wildman–Crippen MR) is 78.9 cm³/mol. The van der Waals surface area contributed by atoms with Gasteiger partial charge in [-0.05, 0) is 24.5 Å². The van der Waals surface area contributed by atoms with Gasteiger partial charge < -0.3 is 19.7 Å². The zero-order chi connectivity index (χ0) is 14.9. The van der Waals surface area contributed by atoms with Crippen molar-refractivity contribution in [1.82, 2.24) is 15.2 Å². The van der Waals surface area contributed by atoms with Crippen LogP contribution in [0.15, 0.2) is 24.5 Å². The van der Waals surface area contributed by atoms with E-state index in [1.165, 1.54) is 0 Å². The summed E-state index contributed by atoms with van der Waals surface area (Å²) in [6.07, 6.45) is 5.72. The topological polar surface area (TPSA) is 63.7 Å². The molecule has 116 valence electrons. The molecule has 0 aromatic carbocycles. The van der Waals surface area contributed by atoms with Crippen LogP contribution in [0.3, 0.4) is 0 Å². The fourth-order valence-corrected chi connectivity index (χ4v) is 2.34. The zero-order valence-electron chi connectivity index (χ0n) is 12.5. The van der Waals surface area contributed by atoms with Gasteiger partial charge in [-0.2, -0.15) is 0 Å². The van der Waals surface area contributed by atoms with Crippen molar-refractivity contribution in [2.24, 2.45) is 0 Å². The van der Waals surface area contributed by atoms with Gasteiger partial charge in [0.15, 0.2) is 0 Å². The lowest BCUT2D eigenvalue weighted by molar-refractivity contribution is 0.0790. The Labute approximate surface area is 125 Å². The molecule has 1 aromatic rings. The molecule has 0 spiro atoms. The van der Waals surface area contributed by atoms with Crippen LogP contribution in [0.2, 0.25) is 0 Å². The molecule has 1 aromatic heterocycles. The minimum Gasteiger partial charge on any atom is -0.383 e. The fraction of sp³-hybridized carbons (Fsp3) is 0.600. The molecule has 1 fully saturated rings. The van der Waals surface area contributed by atoms with Crippen LogP contribution >= 0.6 is 0 Å². The molecule has 0 bridgehead atoms. The van der Waals surface area contributed by atoms with Gasteiger partial charge in [0.05, 0.1) is 12.7 Å². The number of ether oxygens (including phenoxy) is 2. The molecule has 2 amide bonds. The lowest BCUT2D eigenvalue weighted by atomic mass is 10.2. The summed E-state index contributed by atoms with van der Waals surface area (Å²) < 4.78 is 10.6. The number of nitrogens with one attached hydrogen (secondary N) is 1. The number of carbonyl (C=O) groups is 1. The SMILES string of the molecule is COCCNC(=O)N(Cc1cccnc1)CC1CCCO1. The Bertz CT molecular complexity index is 421. The normalized spacial score (nSPS) is 17.7. The van der Waals surface area contributed by atoms with Crippen LogP contribution in [-0.4, -0.2) is 55.4 Å². The van der Waals surface area contributed by atoms with E-state index in [2.05, 4.69) is 10.3 Å². The van der Waals surface area contributed by atoms with Crippen LogP contribution in [0, 0.1) is 0 Å². The molecule has 0 saturated carbocycles. The van der Waals surface area contributed by atoms with Crippen molar-refractivity contribution >= 4 is 6.03 Å². The molecule has 1 unspecified atom stereocenters. The van der Waals surface area contributed by atoms with Gasteiger partial charge in [0.25, 0.3) is 0 Å². The molecule has 0 radical (unpaired) electrons. The molecular formula is C15H23N3O3. The van der Waals surface area contributed by atoms with Gasteiger partial charge >= 0.3 is 6.03 Å². The van der Waals surface area contributed by atoms with E-state index in [1.807, 2.05) is 12.1 Å². The maximum absolute atomic E-state index is 12.3. The fourth-order valence-electron chi connectivity index (χ4n) is 2.34. The first-order chi connectivity index (χ1) is 10.3. The molecule has 1 saturated heterocycles. The standard InChI is InChI=1S/C15H23N3O3/c1-20-9-7-17-15(19)18(12-14-5-3-8-21-14)11-13-4-2-6-16-10-13/h2,4,6,10,14H,3,5,7-9,11-12H2,1H3,(H,17,19). The maximum Gasteiger partial charge on any atom is 0.317 e. The van der Waals surface area contributed by atoms with E-state index in [0.717, 1.165) is 25.0 Å². The Hall–Kier alpha value is -1.66. The first kappa shape index (κ1) is 15.7. The minimum absolute atomic E-state index is 0.0913. The Morgan fingerprint density at radius 3 is 3.19 bits per heavy atom. The van der Waals surface area contributed by atoms with Crippen LogP contribution in [0.4, 0.5) is 4.79 Å². The van der Waals surface area contributed by atoms with Crippen LogP contribution in [0.25, 0.3) is 0 Å². The summed E-state index contributed by atoms with van der Waals surface area (Å²) in [6.45, 7) is 2.94. The highest BCUT2D eigenvalue weighted by molar-refractivity contribution is 5.74. The molecule has 0 aliphatic carbocycles. The molecule has 1 N–H and O–H groups in total. The smallest absolute Gasteiger partial charge is 0.317 e. The van der Waals surface area contributed by atoms with E-state index in [1.54, 1.807) is 24.4 Å². The van der Waals surface area contributed by atoms with Gasteiger partial charge in [0.2, 0.25) is 0 Å². The highest BCUT2D eigenvalue weighted by Gasteiger charge is 2.22. The summed E-state index contributed by atoms with van der Waals surface area (Å²) in [5, 5.41) is 2.86. The summed E-state index contributed by atoms with van der Waals surface area (Å²) in [5.41, 5.74) is 1.01. The lowest BCUT2D eigenvalue weighted by Crippen LogP contribution is -2.44. The van der Waals surface area contributed by atoms with Crippen molar-refractivity contribution < 1.29 is 14.3 Å². The van der Waals surface area contributed by atoms with E-state index in [-0.39, 0.29) is 12.1 Å². The molecule has 6 nitrogen and oxygen atoms in total. The third-order valence-corrected chi connectivity index (χ3v) is 3.41. The third-order valence-electron chi connectivity index (χ3n) is 3.41. The van der Waals surface area contributed by atoms with Crippen molar-refractivity contribution in [3.8, 4) is 0 Å². The molecule has 2 rings (SSSR count). The van der Waals surface area contributed by atoms with Crippen molar-refractivity contribution in [3.63, 3.8) is 0 Å². The summed E-state index contributed by atoms with van der Waals surface area (Å²) in [6, 6.07) is 3.76. The van der Waals surface area contributed by atoms with Gasteiger partial charge in [-0.15, -0.1) is 0 Å². The number of urea groups is 1. The molecule has 6 heteroatoms. The highest BCUT2D eigenvalue weighted by Crippen LogP contribution is 2.15. The van der Waals surface area contributed by atoms with E-state index < -0.39 is 0 Å². The molecule has 2 heterocycles. The second-order valence-corrected chi connectivity index (χ2v) is 5.10. The number of carbonyl (C=O) groups excluding carboxylic acids is 1. The van der Waals surface area contributed by atoms with Gasteiger partial charge in [0, 0.05) is 45.7 Å². The first-order valence-corrected chi connectivity index (χ1v) is 7.32. The van der Waals surface area contributed by atoms with Gasteiger partial charge in [-0.3, -0.25) is 4.98 Å². The van der Waals surface area contributed by atoms with Crippen molar-refractivity contribution in [3.05, 3.63) is 30.1 Å². The van der Waals surface area contributed by atoms with Crippen molar-refractivity contribution in [2.75, 3.05) is 33.4 Å². The second kappa shape index (κ2) is 8.59. The largest absolute Gasteiger partial charge is 0.383 e. The number of amides is 2. The van der Waals surface area contributed by atoms with Crippen LogP contribution in [-0.2, 0) is 16.0 Å². The highest BCUT2D eigenvalue weighted by atomic mass is 16.5. The van der Waals surface area contributed by atoms with Gasteiger partial charge in [-0.25, -0.2) is 4.79 Å². The summed E-state index contributed by atoms with van der Waals surface area (Å²) in [5.74, 6) is 0. The summed E-state index contributed by atoms with van der Waals surface area (Å²) in [7, 11) is 1.62. The van der Waals surface area contributed by atoms with Crippen molar-refractivity contribution in [1.29, 1.82) is 0 Å². The summed E-state index contributed by atoms with van der Waals surface area (Å²) >= 11 is 0. The minimum atomic E-state index is -0.0913. The molecule has 1 aliphatic heterocycles. The monoisotopic (exact) mass is 293 g/mol. The van der Waals surface area contributed by atoms with E-state index in [9.17, 15) is 4.79 Å². The van der Waals surface area contributed by atoms with E-state index >= 15 is 0 Å². The molecule has 21 heavy (non-hydrogen) atoms. The maximum atomic E-state index is 12.3. The lowest BCUT2D eigenvalue weighted by Gasteiger charge is -2.25. The van der Waals surface area contributed by atoms with E-state index in [0.29, 0.717) is 26.2 Å². The number of nitrogens with zero attached hydrogens (tertiary/aromatic N) is 2. The Morgan fingerprint density at radius 2 is 2.52 bits per heavy atom. The number of hydrogen-bond donors (Lipinski definition) is 1. The second-order valence-electron chi connectivity index (χ2n) is 5.10. The molecule has 1 atom stereocenters. The van der Waals surface area contributed by atoms with Crippen LogP contribution in [0.1, 0.15) is 18.4 Å². The Kier molecular flexibility index (Phi) is 6.43. The third kappa shape index (κ3) is 5.32. The quantitative estimate of drug-likeness (QED) is 0.772. The Morgan fingerprint density at radius 1 is 1.62 bits per heavy atom. The van der Waals surface area contributed by atoms with E-state index in [4.69, 9.17) is 9.47 Å². The first-order valence-electron chi connectivity index (χ1n) is 7.32. The van der Waals surface area contributed by atoms with Crippen molar-refractivity contribution in [2.45, 2.75) is 25.5 Å². The predicted octanol–water partition coefficient (Wildman–Crippen LogP) is 1.42. The number of rotatable bonds is 7. The number of pyridine rings is 1. The van der Waals surface area contributed by atoms with Crippen LogP contribution < -0.4 is 5.32 Å². The average molecular weight is 293 g/mol. The number of hydrogen-bond acceptors (Lipinski definition) is 4. The average Bonchev–Trinajstić information content (AvgIpc) is 3.01.